The van der Waals surface area contributed by atoms with Crippen LogP contribution in [0, 0.1) is 11.8 Å². The summed E-state index contributed by atoms with van der Waals surface area (Å²) in [5.74, 6) is 2.37. The van der Waals surface area contributed by atoms with Crippen LogP contribution in [0.15, 0.2) is 24.3 Å². The van der Waals surface area contributed by atoms with Gasteiger partial charge >= 0.3 is 0 Å². The first-order valence-corrected chi connectivity index (χ1v) is 7.09. The second-order valence-corrected chi connectivity index (χ2v) is 6.07. The van der Waals surface area contributed by atoms with Crippen molar-refractivity contribution in [2.24, 2.45) is 17.6 Å². The molecule has 1 saturated carbocycles. The fourth-order valence-electron chi connectivity index (χ4n) is 3.89. The summed E-state index contributed by atoms with van der Waals surface area (Å²) in [6.07, 6.45) is 6.59. The van der Waals surface area contributed by atoms with Gasteiger partial charge in [-0.15, -0.1) is 0 Å². The quantitative estimate of drug-likeness (QED) is 0.843. The molecule has 4 unspecified atom stereocenters. The Morgan fingerprint density at radius 3 is 2.82 bits per heavy atom. The molecule has 0 spiro atoms. The highest BCUT2D eigenvalue weighted by Crippen LogP contribution is 2.41. The summed E-state index contributed by atoms with van der Waals surface area (Å²) < 4.78 is 0. The first-order chi connectivity index (χ1) is 8.25. The minimum Gasteiger partial charge on any atom is -0.327 e. The first kappa shape index (κ1) is 11.3. The molecule has 0 heterocycles. The summed E-state index contributed by atoms with van der Waals surface area (Å²) in [6.45, 7) is 2.38. The Labute approximate surface area is 104 Å². The molecular formula is C16H23N. The number of benzene rings is 1. The van der Waals surface area contributed by atoms with Crippen molar-refractivity contribution in [3.8, 4) is 0 Å². The van der Waals surface area contributed by atoms with E-state index in [9.17, 15) is 0 Å². The molecule has 1 aromatic carbocycles. The second-order valence-electron chi connectivity index (χ2n) is 6.07. The maximum absolute atomic E-state index is 6.44. The molecule has 92 valence electrons. The van der Waals surface area contributed by atoms with E-state index in [4.69, 9.17) is 5.73 Å². The molecule has 1 aromatic rings. The fraction of sp³-hybridized carbons (Fsp3) is 0.625. The lowest BCUT2D eigenvalue weighted by atomic mass is 9.72. The lowest BCUT2D eigenvalue weighted by Gasteiger charge is -2.34. The molecule has 2 aliphatic carbocycles. The van der Waals surface area contributed by atoms with Crippen LogP contribution in [0.25, 0.3) is 0 Å². The van der Waals surface area contributed by atoms with Gasteiger partial charge in [-0.05, 0) is 48.1 Å². The molecule has 2 aliphatic rings. The number of hydrogen-bond donors (Lipinski definition) is 1. The van der Waals surface area contributed by atoms with Crippen molar-refractivity contribution < 1.29 is 0 Å². The average Bonchev–Trinajstić information content (AvgIpc) is 2.72. The molecule has 0 aromatic heterocycles. The van der Waals surface area contributed by atoms with Crippen LogP contribution in [-0.4, -0.2) is 6.04 Å². The number of hydrogen-bond acceptors (Lipinski definition) is 1. The van der Waals surface area contributed by atoms with Crippen LogP contribution in [0.1, 0.15) is 49.7 Å². The fourth-order valence-corrected chi connectivity index (χ4v) is 3.89. The van der Waals surface area contributed by atoms with Gasteiger partial charge in [-0.3, -0.25) is 0 Å². The Kier molecular flexibility index (Phi) is 2.96. The molecule has 1 heteroatoms. The monoisotopic (exact) mass is 229 g/mol. The van der Waals surface area contributed by atoms with Gasteiger partial charge in [-0.25, -0.2) is 0 Å². The van der Waals surface area contributed by atoms with Gasteiger partial charge in [0.25, 0.3) is 0 Å². The molecule has 0 radical (unpaired) electrons. The van der Waals surface area contributed by atoms with Gasteiger partial charge in [0.05, 0.1) is 0 Å². The summed E-state index contributed by atoms with van der Waals surface area (Å²) in [5, 5.41) is 0. The lowest BCUT2D eigenvalue weighted by molar-refractivity contribution is 0.309. The number of nitrogens with two attached hydrogens (primary N) is 1. The van der Waals surface area contributed by atoms with E-state index in [1.54, 1.807) is 11.1 Å². The van der Waals surface area contributed by atoms with Crippen molar-refractivity contribution >= 4 is 0 Å². The molecule has 0 saturated heterocycles. The van der Waals surface area contributed by atoms with Gasteiger partial charge < -0.3 is 5.73 Å². The third kappa shape index (κ3) is 2.01. The van der Waals surface area contributed by atoms with Crippen LogP contribution in [0.3, 0.4) is 0 Å². The lowest BCUT2D eigenvalue weighted by Crippen LogP contribution is -2.35. The highest BCUT2D eigenvalue weighted by Gasteiger charge is 2.33. The van der Waals surface area contributed by atoms with E-state index in [-0.39, 0.29) is 0 Å². The van der Waals surface area contributed by atoms with Gasteiger partial charge in [0.2, 0.25) is 0 Å². The highest BCUT2D eigenvalue weighted by molar-refractivity contribution is 5.39. The van der Waals surface area contributed by atoms with Gasteiger partial charge in [0.1, 0.15) is 0 Å². The van der Waals surface area contributed by atoms with Gasteiger partial charge in [0.15, 0.2) is 0 Å². The highest BCUT2D eigenvalue weighted by atomic mass is 14.7. The number of rotatable bonds is 3. The van der Waals surface area contributed by atoms with Crippen molar-refractivity contribution in [2.45, 2.75) is 51.0 Å². The summed E-state index contributed by atoms with van der Waals surface area (Å²) in [5.41, 5.74) is 9.55. The van der Waals surface area contributed by atoms with Crippen molar-refractivity contribution in [1.29, 1.82) is 0 Å². The van der Waals surface area contributed by atoms with Crippen molar-refractivity contribution in [1.82, 2.24) is 0 Å². The van der Waals surface area contributed by atoms with E-state index in [1.807, 2.05) is 0 Å². The van der Waals surface area contributed by atoms with Crippen LogP contribution in [-0.2, 0) is 6.42 Å². The minimum atomic E-state index is 0.422. The summed E-state index contributed by atoms with van der Waals surface area (Å²) in [4.78, 5) is 0. The van der Waals surface area contributed by atoms with E-state index in [0.29, 0.717) is 6.04 Å². The third-order valence-corrected chi connectivity index (χ3v) is 5.00. The van der Waals surface area contributed by atoms with Crippen LogP contribution in [0.5, 0.6) is 0 Å². The molecule has 17 heavy (non-hydrogen) atoms. The maximum Gasteiger partial charge on any atom is 0.00756 e. The van der Waals surface area contributed by atoms with Crippen LogP contribution < -0.4 is 5.73 Å². The zero-order valence-corrected chi connectivity index (χ0v) is 10.7. The second kappa shape index (κ2) is 4.45. The molecule has 2 N–H and O–H groups in total. The van der Waals surface area contributed by atoms with Gasteiger partial charge in [0, 0.05) is 6.04 Å². The summed E-state index contributed by atoms with van der Waals surface area (Å²) >= 11 is 0. The Balaban J connectivity index is 1.62. The first-order valence-electron chi connectivity index (χ1n) is 7.09. The molecule has 0 amide bonds. The van der Waals surface area contributed by atoms with E-state index in [1.165, 1.54) is 32.1 Å². The van der Waals surface area contributed by atoms with E-state index in [0.717, 1.165) is 17.8 Å². The summed E-state index contributed by atoms with van der Waals surface area (Å²) in [7, 11) is 0. The number of fused-ring (bicyclic) bond motifs is 1. The zero-order chi connectivity index (χ0) is 11.8. The Morgan fingerprint density at radius 1 is 1.29 bits per heavy atom. The van der Waals surface area contributed by atoms with Crippen molar-refractivity contribution in [2.75, 3.05) is 0 Å². The van der Waals surface area contributed by atoms with E-state index < -0.39 is 0 Å². The van der Waals surface area contributed by atoms with Crippen LogP contribution >= 0.6 is 0 Å². The smallest absolute Gasteiger partial charge is 0.00756 e. The predicted molar refractivity (Wildman–Crippen MR) is 72.0 cm³/mol. The normalized spacial score (nSPS) is 32.9. The molecule has 3 rings (SSSR count). The maximum atomic E-state index is 6.44. The third-order valence-electron chi connectivity index (χ3n) is 5.00. The minimum absolute atomic E-state index is 0.422. The largest absolute Gasteiger partial charge is 0.327 e. The molecular weight excluding hydrogens is 206 g/mol. The molecule has 0 aliphatic heterocycles. The van der Waals surface area contributed by atoms with Crippen LogP contribution in [0.4, 0.5) is 0 Å². The predicted octanol–water partition coefficient (Wildman–Crippen LogP) is 3.48. The summed E-state index contributed by atoms with van der Waals surface area (Å²) in [6, 6.07) is 9.28. The van der Waals surface area contributed by atoms with E-state index in [2.05, 4.69) is 31.2 Å². The Morgan fingerprint density at radius 2 is 2.12 bits per heavy atom. The van der Waals surface area contributed by atoms with Crippen molar-refractivity contribution in [3.63, 3.8) is 0 Å². The Hall–Kier alpha value is -0.820. The average molecular weight is 229 g/mol. The SMILES string of the molecule is CC1CCCC1C(N)CC1Cc2ccccc21. The van der Waals surface area contributed by atoms with Gasteiger partial charge in [-0.2, -0.15) is 0 Å². The molecule has 4 atom stereocenters. The van der Waals surface area contributed by atoms with E-state index >= 15 is 0 Å². The zero-order valence-electron chi connectivity index (χ0n) is 10.7. The molecule has 0 bridgehead atoms. The van der Waals surface area contributed by atoms with Crippen molar-refractivity contribution in [3.05, 3.63) is 35.4 Å². The topological polar surface area (TPSA) is 26.0 Å². The van der Waals surface area contributed by atoms with Gasteiger partial charge in [-0.1, -0.05) is 44.0 Å². The molecule has 1 nitrogen and oxygen atoms in total. The Bertz CT molecular complexity index is 398. The van der Waals surface area contributed by atoms with Crippen LogP contribution in [0.2, 0.25) is 0 Å². The molecule has 1 fully saturated rings. The standard InChI is InChI=1S/C16H23N/c1-11-5-4-8-14(11)16(17)10-13-9-12-6-2-3-7-15(12)13/h2-3,6-7,11,13-14,16H,4-5,8-10,17H2,1H3.